The zero-order valence-electron chi connectivity index (χ0n) is 8.83. The maximum atomic E-state index is 9.79. The van der Waals surface area contributed by atoms with Crippen molar-refractivity contribution < 1.29 is 10.2 Å². The highest BCUT2D eigenvalue weighted by Crippen LogP contribution is 2.24. The minimum absolute atomic E-state index is 0.288. The fourth-order valence-corrected chi connectivity index (χ4v) is 1.45. The first-order valence-electron chi connectivity index (χ1n) is 5.12. The van der Waals surface area contributed by atoms with Crippen LogP contribution in [0.15, 0.2) is 18.2 Å². The van der Waals surface area contributed by atoms with Gasteiger partial charge in [0, 0.05) is 0 Å². The summed E-state index contributed by atoms with van der Waals surface area (Å²) in [5, 5.41) is 19.1. The topological polar surface area (TPSA) is 40.5 Å². The van der Waals surface area contributed by atoms with E-state index in [0.717, 1.165) is 30.4 Å². The Morgan fingerprint density at radius 3 is 2.64 bits per heavy atom. The van der Waals surface area contributed by atoms with Crippen LogP contribution in [-0.4, -0.2) is 10.2 Å². The van der Waals surface area contributed by atoms with Gasteiger partial charge < -0.3 is 10.2 Å². The molecule has 0 heterocycles. The maximum absolute atomic E-state index is 9.79. The van der Waals surface area contributed by atoms with Gasteiger partial charge in [-0.3, -0.25) is 0 Å². The number of hydrogen-bond acceptors (Lipinski definition) is 2. The summed E-state index contributed by atoms with van der Waals surface area (Å²) in [7, 11) is 0. The Balaban J connectivity index is 2.70. The van der Waals surface area contributed by atoms with Gasteiger partial charge in [0.25, 0.3) is 0 Å². The minimum Gasteiger partial charge on any atom is -0.508 e. The Morgan fingerprint density at radius 2 is 2.07 bits per heavy atom. The third-order valence-corrected chi connectivity index (χ3v) is 2.44. The van der Waals surface area contributed by atoms with E-state index in [1.54, 1.807) is 12.1 Å². The quantitative estimate of drug-likeness (QED) is 0.773. The van der Waals surface area contributed by atoms with Crippen LogP contribution >= 0.6 is 0 Å². The second-order valence-electron chi connectivity index (χ2n) is 3.70. The van der Waals surface area contributed by atoms with E-state index in [-0.39, 0.29) is 5.75 Å². The van der Waals surface area contributed by atoms with Crippen LogP contribution in [0.2, 0.25) is 0 Å². The van der Waals surface area contributed by atoms with Crippen LogP contribution in [0, 0.1) is 6.92 Å². The molecule has 0 aliphatic heterocycles. The number of benzene rings is 1. The molecule has 1 rings (SSSR count). The van der Waals surface area contributed by atoms with Crippen molar-refractivity contribution in [3.8, 4) is 5.75 Å². The summed E-state index contributed by atoms with van der Waals surface area (Å²) in [5.41, 5.74) is 1.71. The Bertz CT molecular complexity index is 294. The first-order chi connectivity index (χ1) is 6.65. The fraction of sp³-hybridized carbons (Fsp3) is 0.500. The molecule has 0 radical (unpaired) electrons. The van der Waals surface area contributed by atoms with Crippen LogP contribution in [0.3, 0.4) is 0 Å². The zero-order chi connectivity index (χ0) is 10.6. The minimum atomic E-state index is -0.394. The molecule has 78 valence electrons. The van der Waals surface area contributed by atoms with Gasteiger partial charge >= 0.3 is 0 Å². The zero-order valence-corrected chi connectivity index (χ0v) is 8.83. The van der Waals surface area contributed by atoms with E-state index in [4.69, 9.17) is 0 Å². The van der Waals surface area contributed by atoms with Crippen molar-refractivity contribution in [2.45, 2.75) is 39.2 Å². The van der Waals surface area contributed by atoms with Crippen molar-refractivity contribution in [2.75, 3.05) is 0 Å². The van der Waals surface area contributed by atoms with Crippen molar-refractivity contribution in [1.29, 1.82) is 0 Å². The average Bonchev–Trinajstić information content (AvgIpc) is 2.18. The molecule has 0 saturated heterocycles. The van der Waals surface area contributed by atoms with Gasteiger partial charge in [0.15, 0.2) is 0 Å². The Morgan fingerprint density at radius 1 is 1.36 bits per heavy atom. The number of aliphatic hydroxyl groups excluding tert-OH is 1. The van der Waals surface area contributed by atoms with Gasteiger partial charge in [0.05, 0.1) is 6.10 Å². The Hall–Kier alpha value is -1.02. The number of phenols is 1. The third-order valence-electron chi connectivity index (χ3n) is 2.44. The molecule has 0 saturated carbocycles. The first-order valence-corrected chi connectivity index (χ1v) is 5.12. The van der Waals surface area contributed by atoms with E-state index in [0.29, 0.717) is 0 Å². The summed E-state index contributed by atoms with van der Waals surface area (Å²) in [5.74, 6) is 0.288. The van der Waals surface area contributed by atoms with Crippen molar-refractivity contribution in [1.82, 2.24) is 0 Å². The summed E-state index contributed by atoms with van der Waals surface area (Å²) in [6.07, 6.45) is 2.52. The van der Waals surface area contributed by atoms with Gasteiger partial charge in [0.1, 0.15) is 5.75 Å². The predicted octanol–water partition coefficient (Wildman–Crippen LogP) is 2.92. The monoisotopic (exact) mass is 194 g/mol. The third kappa shape index (κ3) is 2.74. The second kappa shape index (κ2) is 5.01. The smallest absolute Gasteiger partial charge is 0.118 e. The molecule has 2 N–H and O–H groups in total. The molecular weight excluding hydrogens is 176 g/mol. The lowest BCUT2D eigenvalue weighted by Crippen LogP contribution is -1.97. The highest BCUT2D eigenvalue weighted by molar-refractivity contribution is 5.35. The lowest BCUT2D eigenvalue weighted by molar-refractivity contribution is 0.164. The number of aliphatic hydroxyl groups is 1. The Kier molecular flexibility index (Phi) is 3.96. The molecule has 2 nitrogen and oxygen atoms in total. The van der Waals surface area contributed by atoms with Crippen molar-refractivity contribution in [3.05, 3.63) is 29.3 Å². The molecule has 0 amide bonds. The predicted molar refractivity (Wildman–Crippen MR) is 57.3 cm³/mol. The molecule has 1 unspecified atom stereocenters. The van der Waals surface area contributed by atoms with Crippen molar-refractivity contribution in [2.24, 2.45) is 0 Å². The van der Waals surface area contributed by atoms with Gasteiger partial charge in [0.2, 0.25) is 0 Å². The van der Waals surface area contributed by atoms with Crippen LogP contribution in [0.1, 0.15) is 43.4 Å². The number of unbranched alkanes of at least 4 members (excludes halogenated alkanes) is 1. The SMILES string of the molecule is CCCCC(O)c1ccc(O)c(C)c1. The molecule has 0 fully saturated rings. The number of aromatic hydroxyl groups is 1. The molecular formula is C12H18O2. The van der Waals surface area contributed by atoms with Crippen LogP contribution in [-0.2, 0) is 0 Å². The molecule has 1 aromatic rings. The van der Waals surface area contributed by atoms with Crippen molar-refractivity contribution >= 4 is 0 Å². The van der Waals surface area contributed by atoms with Crippen LogP contribution in [0.25, 0.3) is 0 Å². The molecule has 0 spiro atoms. The molecule has 14 heavy (non-hydrogen) atoms. The van der Waals surface area contributed by atoms with Crippen LogP contribution in [0.4, 0.5) is 0 Å². The lowest BCUT2D eigenvalue weighted by atomic mass is 10.0. The van der Waals surface area contributed by atoms with Gasteiger partial charge in [-0.25, -0.2) is 0 Å². The summed E-state index contributed by atoms with van der Waals surface area (Å²) in [6.45, 7) is 3.94. The number of rotatable bonds is 4. The van der Waals surface area contributed by atoms with E-state index in [9.17, 15) is 10.2 Å². The summed E-state index contributed by atoms with van der Waals surface area (Å²) in [4.78, 5) is 0. The van der Waals surface area contributed by atoms with Crippen LogP contribution in [0.5, 0.6) is 5.75 Å². The Labute approximate surface area is 85.2 Å². The van der Waals surface area contributed by atoms with Gasteiger partial charge in [-0.15, -0.1) is 0 Å². The van der Waals surface area contributed by atoms with Gasteiger partial charge in [-0.1, -0.05) is 25.8 Å². The molecule has 0 bridgehead atoms. The first kappa shape index (κ1) is 11.1. The highest BCUT2D eigenvalue weighted by Gasteiger charge is 2.07. The van der Waals surface area contributed by atoms with E-state index in [1.165, 1.54) is 0 Å². The second-order valence-corrected chi connectivity index (χ2v) is 3.70. The summed E-state index contributed by atoms with van der Waals surface area (Å²) < 4.78 is 0. The van der Waals surface area contributed by atoms with E-state index >= 15 is 0 Å². The van der Waals surface area contributed by atoms with Crippen molar-refractivity contribution in [3.63, 3.8) is 0 Å². The molecule has 1 atom stereocenters. The normalized spacial score (nSPS) is 12.8. The van der Waals surface area contributed by atoms with Gasteiger partial charge in [-0.05, 0) is 36.6 Å². The van der Waals surface area contributed by atoms with E-state index in [2.05, 4.69) is 6.92 Å². The number of aryl methyl sites for hydroxylation is 1. The fourth-order valence-electron chi connectivity index (χ4n) is 1.45. The standard InChI is InChI=1S/C12H18O2/c1-3-4-5-12(14)10-6-7-11(13)9(2)8-10/h6-8,12-14H,3-5H2,1-2H3. The molecule has 0 aliphatic rings. The summed E-state index contributed by atoms with van der Waals surface area (Å²) in [6, 6.07) is 5.26. The largest absolute Gasteiger partial charge is 0.508 e. The molecule has 0 aliphatic carbocycles. The molecule has 2 heteroatoms. The van der Waals surface area contributed by atoms with Crippen LogP contribution < -0.4 is 0 Å². The van der Waals surface area contributed by atoms with Gasteiger partial charge in [-0.2, -0.15) is 0 Å². The molecule has 1 aromatic carbocycles. The average molecular weight is 194 g/mol. The van der Waals surface area contributed by atoms with E-state index in [1.807, 2.05) is 13.0 Å². The number of phenolic OH excluding ortho intramolecular Hbond substituents is 1. The molecule has 0 aromatic heterocycles. The highest BCUT2D eigenvalue weighted by atomic mass is 16.3. The summed E-state index contributed by atoms with van der Waals surface area (Å²) >= 11 is 0. The maximum Gasteiger partial charge on any atom is 0.118 e. The van der Waals surface area contributed by atoms with E-state index < -0.39 is 6.10 Å². The number of hydrogen-bond donors (Lipinski definition) is 2. The lowest BCUT2D eigenvalue weighted by Gasteiger charge is -2.11.